The molecule has 12 heavy (non-hydrogen) atoms. The minimum absolute atomic E-state index is 0.753. The Bertz CT molecular complexity index is 194. The van der Waals surface area contributed by atoms with Crippen LogP contribution in [0.15, 0.2) is 17.5 Å². The molecule has 1 aromatic rings. The van der Waals surface area contributed by atoms with Crippen LogP contribution < -0.4 is 5.32 Å². The predicted molar refractivity (Wildman–Crippen MR) is 55.7 cm³/mol. The van der Waals surface area contributed by atoms with Gasteiger partial charge in [-0.25, -0.2) is 0 Å². The molecule has 1 heterocycles. The fourth-order valence-electron chi connectivity index (χ4n) is 1.24. The van der Waals surface area contributed by atoms with Gasteiger partial charge in [0.25, 0.3) is 0 Å². The van der Waals surface area contributed by atoms with Crippen LogP contribution in [0.2, 0.25) is 0 Å². The third kappa shape index (κ3) is 3.37. The highest BCUT2D eigenvalue weighted by Gasteiger charge is 2.02. The van der Waals surface area contributed by atoms with Gasteiger partial charge in [0.2, 0.25) is 0 Å². The SMILES string of the molecule is CCNCC(C)Cc1cccs1. The number of hydrogen-bond acceptors (Lipinski definition) is 2. The Morgan fingerprint density at radius 3 is 3.00 bits per heavy atom. The van der Waals surface area contributed by atoms with E-state index in [2.05, 4.69) is 36.7 Å². The third-order valence-electron chi connectivity index (χ3n) is 1.87. The second-order valence-corrected chi connectivity index (χ2v) is 4.23. The summed E-state index contributed by atoms with van der Waals surface area (Å²) in [4.78, 5) is 1.50. The van der Waals surface area contributed by atoms with Crippen molar-refractivity contribution in [3.05, 3.63) is 22.4 Å². The maximum absolute atomic E-state index is 3.37. The van der Waals surface area contributed by atoms with Gasteiger partial charge in [0.05, 0.1) is 0 Å². The van der Waals surface area contributed by atoms with Crippen LogP contribution in [0.1, 0.15) is 18.7 Å². The summed E-state index contributed by atoms with van der Waals surface area (Å²) in [6, 6.07) is 4.34. The largest absolute Gasteiger partial charge is 0.317 e. The molecule has 0 bridgehead atoms. The lowest BCUT2D eigenvalue weighted by atomic mass is 10.1. The summed E-state index contributed by atoms with van der Waals surface area (Å²) in [5.74, 6) is 0.753. The standard InChI is InChI=1S/C10H17NS/c1-3-11-8-9(2)7-10-5-4-6-12-10/h4-6,9,11H,3,7-8H2,1-2H3. The molecule has 0 aliphatic carbocycles. The Hall–Kier alpha value is -0.340. The van der Waals surface area contributed by atoms with Gasteiger partial charge >= 0.3 is 0 Å². The van der Waals surface area contributed by atoms with Crippen molar-refractivity contribution in [2.45, 2.75) is 20.3 Å². The van der Waals surface area contributed by atoms with Crippen molar-refractivity contribution in [1.82, 2.24) is 5.32 Å². The van der Waals surface area contributed by atoms with Gasteiger partial charge in [0, 0.05) is 4.88 Å². The number of nitrogens with one attached hydrogen (secondary N) is 1. The monoisotopic (exact) mass is 183 g/mol. The fraction of sp³-hybridized carbons (Fsp3) is 0.600. The van der Waals surface area contributed by atoms with E-state index in [-0.39, 0.29) is 0 Å². The summed E-state index contributed by atoms with van der Waals surface area (Å²) in [5.41, 5.74) is 0. The van der Waals surface area contributed by atoms with E-state index in [1.54, 1.807) is 0 Å². The second kappa shape index (κ2) is 5.33. The van der Waals surface area contributed by atoms with Crippen molar-refractivity contribution in [2.24, 2.45) is 5.92 Å². The molecule has 0 saturated carbocycles. The molecule has 1 N–H and O–H groups in total. The Balaban J connectivity index is 2.22. The molecule has 1 nitrogen and oxygen atoms in total. The van der Waals surface area contributed by atoms with E-state index in [0.29, 0.717) is 0 Å². The topological polar surface area (TPSA) is 12.0 Å². The van der Waals surface area contributed by atoms with Crippen LogP contribution in [0.3, 0.4) is 0 Å². The normalized spacial score (nSPS) is 13.2. The zero-order valence-corrected chi connectivity index (χ0v) is 8.66. The van der Waals surface area contributed by atoms with Crippen molar-refractivity contribution in [3.8, 4) is 0 Å². The van der Waals surface area contributed by atoms with Crippen LogP contribution in [0.5, 0.6) is 0 Å². The molecule has 68 valence electrons. The van der Waals surface area contributed by atoms with Gasteiger partial charge in [-0.1, -0.05) is 19.9 Å². The molecule has 1 unspecified atom stereocenters. The van der Waals surface area contributed by atoms with Gasteiger partial charge in [-0.05, 0) is 36.9 Å². The van der Waals surface area contributed by atoms with Crippen LogP contribution in [-0.4, -0.2) is 13.1 Å². The van der Waals surface area contributed by atoms with E-state index in [9.17, 15) is 0 Å². The summed E-state index contributed by atoms with van der Waals surface area (Å²) in [5, 5.41) is 5.51. The minimum Gasteiger partial charge on any atom is -0.317 e. The van der Waals surface area contributed by atoms with Gasteiger partial charge in [-0.15, -0.1) is 11.3 Å². The van der Waals surface area contributed by atoms with Crippen LogP contribution in [0.4, 0.5) is 0 Å². The quantitative estimate of drug-likeness (QED) is 0.739. The predicted octanol–water partition coefficient (Wildman–Crippen LogP) is 2.54. The number of thiophene rings is 1. The summed E-state index contributed by atoms with van der Waals surface area (Å²) in [6.45, 7) is 6.66. The average Bonchev–Trinajstić information content (AvgIpc) is 2.53. The molecule has 2 heteroatoms. The smallest absolute Gasteiger partial charge is 0.00483 e. The second-order valence-electron chi connectivity index (χ2n) is 3.20. The number of hydrogen-bond donors (Lipinski definition) is 1. The van der Waals surface area contributed by atoms with E-state index in [0.717, 1.165) is 19.0 Å². The molecule has 0 amide bonds. The Morgan fingerprint density at radius 1 is 1.58 bits per heavy atom. The molecule has 0 aliphatic heterocycles. The maximum atomic E-state index is 3.37. The summed E-state index contributed by atoms with van der Waals surface area (Å²) in [7, 11) is 0. The molecule has 1 rings (SSSR count). The highest BCUT2D eigenvalue weighted by molar-refractivity contribution is 7.09. The first-order valence-electron chi connectivity index (χ1n) is 4.56. The van der Waals surface area contributed by atoms with Crippen LogP contribution in [-0.2, 0) is 6.42 Å². The van der Waals surface area contributed by atoms with E-state index >= 15 is 0 Å². The van der Waals surface area contributed by atoms with E-state index in [1.165, 1.54) is 11.3 Å². The molecule has 0 radical (unpaired) electrons. The van der Waals surface area contributed by atoms with Crippen molar-refractivity contribution >= 4 is 11.3 Å². The molecule has 0 spiro atoms. The first-order chi connectivity index (χ1) is 5.83. The first kappa shape index (κ1) is 9.75. The zero-order valence-electron chi connectivity index (χ0n) is 7.84. The van der Waals surface area contributed by atoms with Gasteiger partial charge in [-0.3, -0.25) is 0 Å². The molecular weight excluding hydrogens is 166 g/mol. The van der Waals surface area contributed by atoms with Gasteiger partial charge in [0.15, 0.2) is 0 Å². The van der Waals surface area contributed by atoms with E-state index in [4.69, 9.17) is 0 Å². The van der Waals surface area contributed by atoms with Crippen LogP contribution in [0, 0.1) is 5.92 Å². The molecule has 0 aromatic carbocycles. The Morgan fingerprint density at radius 2 is 2.42 bits per heavy atom. The third-order valence-corrected chi connectivity index (χ3v) is 2.77. The van der Waals surface area contributed by atoms with Crippen molar-refractivity contribution in [2.75, 3.05) is 13.1 Å². The zero-order chi connectivity index (χ0) is 8.81. The molecule has 0 fully saturated rings. The molecule has 1 aromatic heterocycles. The fourth-order valence-corrected chi connectivity index (χ4v) is 2.10. The maximum Gasteiger partial charge on any atom is 0.00483 e. The molecule has 0 aliphatic rings. The van der Waals surface area contributed by atoms with Crippen molar-refractivity contribution in [1.29, 1.82) is 0 Å². The van der Waals surface area contributed by atoms with Crippen molar-refractivity contribution < 1.29 is 0 Å². The van der Waals surface area contributed by atoms with E-state index < -0.39 is 0 Å². The van der Waals surface area contributed by atoms with E-state index in [1.807, 2.05) is 11.3 Å². The lowest BCUT2D eigenvalue weighted by molar-refractivity contribution is 0.525. The highest BCUT2D eigenvalue weighted by Crippen LogP contribution is 2.13. The lowest BCUT2D eigenvalue weighted by Crippen LogP contribution is -2.21. The highest BCUT2D eigenvalue weighted by atomic mass is 32.1. The Kier molecular flexibility index (Phi) is 4.33. The van der Waals surface area contributed by atoms with Crippen LogP contribution >= 0.6 is 11.3 Å². The number of rotatable bonds is 5. The van der Waals surface area contributed by atoms with Crippen molar-refractivity contribution in [3.63, 3.8) is 0 Å². The summed E-state index contributed by atoms with van der Waals surface area (Å²) in [6.07, 6.45) is 1.21. The first-order valence-corrected chi connectivity index (χ1v) is 5.44. The minimum atomic E-state index is 0.753. The Labute approximate surface area is 78.8 Å². The molecular formula is C10H17NS. The lowest BCUT2D eigenvalue weighted by Gasteiger charge is -2.09. The van der Waals surface area contributed by atoms with Gasteiger partial charge < -0.3 is 5.32 Å². The summed E-state index contributed by atoms with van der Waals surface area (Å²) >= 11 is 1.86. The average molecular weight is 183 g/mol. The van der Waals surface area contributed by atoms with Gasteiger partial charge in [-0.2, -0.15) is 0 Å². The van der Waals surface area contributed by atoms with Crippen LogP contribution in [0.25, 0.3) is 0 Å². The molecule has 0 saturated heterocycles. The summed E-state index contributed by atoms with van der Waals surface area (Å²) < 4.78 is 0. The van der Waals surface area contributed by atoms with Gasteiger partial charge in [0.1, 0.15) is 0 Å². The molecule has 1 atom stereocenters.